The number of hydrogen-bond donors (Lipinski definition) is 1. The van der Waals surface area contributed by atoms with Gasteiger partial charge >= 0.3 is 7.60 Å². The molecule has 0 radical (unpaired) electrons. The summed E-state index contributed by atoms with van der Waals surface area (Å²) < 4.78 is 15.2. The zero-order chi connectivity index (χ0) is 9.45. The summed E-state index contributed by atoms with van der Waals surface area (Å²) in [6, 6.07) is 0. The molecule has 0 aromatic rings. The summed E-state index contributed by atoms with van der Waals surface area (Å²) in [5.41, 5.74) is 0. The Hall–Kier alpha value is 0.110. The Kier molecular flexibility index (Phi) is 6.67. The molecular weight excluding hydrogens is 179 g/mol. The number of unbranched alkanes of at least 4 members (excludes halogenated alkanes) is 2. The minimum atomic E-state index is -3.44. The Bertz CT molecular complexity index is 148. The quantitative estimate of drug-likeness (QED) is 0.294. The van der Waals surface area contributed by atoms with E-state index in [2.05, 4.69) is 16.5 Å². The van der Waals surface area contributed by atoms with Gasteiger partial charge in [-0.15, -0.1) is 4.67 Å². The van der Waals surface area contributed by atoms with Gasteiger partial charge in [0.25, 0.3) is 0 Å². The third-order valence-electron chi connectivity index (χ3n) is 1.40. The molecule has 5 heteroatoms. The van der Waals surface area contributed by atoms with E-state index in [1.165, 1.54) is 0 Å². The van der Waals surface area contributed by atoms with E-state index in [0.717, 1.165) is 19.3 Å². The molecule has 0 aromatic carbocycles. The Morgan fingerprint density at radius 2 is 2.00 bits per heavy atom. The van der Waals surface area contributed by atoms with Gasteiger partial charge in [0, 0.05) is 6.16 Å². The largest absolute Gasteiger partial charge is 0.355 e. The fourth-order valence-corrected chi connectivity index (χ4v) is 0.928. The first-order valence-corrected chi connectivity index (χ1v) is 6.01. The van der Waals surface area contributed by atoms with Crippen molar-refractivity contribution in [2.75, 3.05) is 12.8 Å². The predicted molar refractivity (Wildman–Crippen MR) is 46.9 cm³/mol. The average molecular weight is 196 g/mol. The van der Waals surface area contributed by atoms with Crippen LogP contribution in [0.25, 0.3) is 0 Å². The van der Waals surface area contributed by atoms with Gasteiger partial charge in [-0.2, -0.15) is 0 Å². The Morgan fingerprint density at radius 1 is 1.33 bits per heavy atom. The van der Waals surface area contributed by atoms with Crippen LogP contribution in [0.1, 0.15) is 33.1 Å². The molecule has 4 nitrogen and oxygen atoms in total. The van der Waals surface area contributed by atoms with Crippen molar-refractivity contribution in [2.45, 2.75) is 33.1 Å². The van der Waals surface area contributed by atoms with Crippen LogP contribution in [-0.2, 0) is 14.1 Å². The summed E-state index contributed by atoms with van der Waals surface area (Å²) in [6.07, 6.45) is 3.08. The summed E-state index contributed by atoms with van der Waals surface area (Å²) in [7, 11) is -3.44. The van der Waals surface area contributed by atoms with Gasteiger partial charge in [-0.05, 0) is 6.42 Å². The first-order valence-electron chi connectivity index (χ1n) is 4.25. The zero-order valence-corrected chi connectivity index (χ0v) is 8.55. The van der Waals surface area contributed by atoms with Crippen molar-refractivity contribution < 1.29 is 19.0 Å². The summed E-state index contributed by atoms with van der Waals surface area (Å²) in [5, 5.41) is 0. The van der Waals surface area contributed by atoms with Crippen molar-refractivity contribution in [3.05, 3.63) is 0 Å². The van der Waals surface area contributed by atoms with Gasteiger partial charge in [-0.25, -0.2) is 4.89 Å². The minimum Gasteiger partial charge on any atom is -0.323 e. The molecule has 12 heavy (non-hydrogen) atoms. The lowest BCUT2D eigenvalue weighted by molar-refractivity contribution is -0.213. The van der Waals surface area contributed by atoms with Gasteiger partial charge in [-0.3, -0.25) is 4.57 Å². The molecule has 0 aromatic heterocycles. The molecule has 1 atom stereocenters. The van der Waals surface area contributed by atoms with Crippen LogP contribution in [0.15, 0.2) is 0 Å². The van der Waals surface area contributed by atoms with Crippen LogP contribution in [0, 0.1) is 0 Å². The summed E-state index contributed by atoms with van der Waals surface area (Å²) in [4.78, 5) is 13.5. The maximum atomic E-state index is 10.8. The lowest BCUT2D eigenvalue weighted by Gasteiger charge is -2.07. The Labute approximate surface area is 73.3 Å². The second-order valence-corrected chi connectivity index (χ2v) is 4.61. The van der Waals surface area contributed by atoms with E-state index in [-0.39, 0.29) is 6.16 Å². The van der Waals surface area contributed by atoms with Crippen molar-refractivity contribution in [3.8, 4) is 0 Å². The Balaban J connectivity index is 3.25. The molecule has 0 saturated carbocycles. The van der Waals surface area contributed by atoms with E-state index in [1.54, 1.807) is 6.92 Å². The summed E-state index contributed by atoms with van der Waals surface area (Å²) in [6.45, 7) is 4.04. The molecular formula is C7H17O4P. The van der Waals surface area contributed by atoms with Gasteiger partial charge in [-0.1, -0.05) is 26.7 Å². The molecule has 74 valence electrons. The SMILES string of the molecule is CCCCCOOP(=O)(O)CC. The van der Waals surface area contributed by atoms with Crippen molar-refractivity contribution >= 4 is 7.60 Å². The van der Waals surface area contributed by atoms with Gasteiger partial charge in [0.1, 0.15) is 0 Å². The third kappa shape index (κ3) is 6.80. The molecule has 0 rings (SSSR count). The van der Waals surface area contributed by atoms with Crippen LogP contribution >= 0.6 is 7.60 Å². The lowest BCUT2D eigenvalue weighted by atomic mass is 10.3. The van der Waals surface area contributed by atoms with Gasteiger partial charge in [0.15, 0.2) is 0 Å². The highest BCUT2D eigenvalue weighted by Gasteiger charge is 2.16. The monoisotopic (exact) mass is 196 g/mol. The molecule has 0 aliphatic heterocycles. The zero-order valence-electron chi connectivity index (χ0n) is 7.65. The molecule has 0 heterocycles. The maximum Gasteiger partial charge on any atom is 0.355 e. The summed E-state index contributed by atoms with van der Waals surface area (Å²) >= 11 is 0. The van der Waals surface area contributed by atoms with Crippen LogP contribution < -0.4 is 0 Å². The first-order chi connectivity index (χ1) is 5.62. The van der Waals surface area contributed by atoms with Gasteiger partial charge in [0.05, 0.1) is 6.61 Å². The number of rotatable bonds is 7. The van der Waals surface area contributed by atoms with E-state index in [9.17, 15) is 4.57 Å². The Morgan fingerprint density at radius 3 is 2.50 bits per heavy atom. The molecule has 0 aliphatic rings. The average Bonchev–Trinajstić information content (AvgIpc) is 2.04. The molecule has 1 N–H and O–H groups in total. The van der Waals surface area contributed by atoms with Crippen molar-refractivity contribution in [1.29, 1.82) is 0 Å². The first kappa shape index (κ1) is 12.1. The van der Waals surface area contributed by atoms with Gasteiger partial charge in [0.2, 0.25) is 0 Å². The molecule has 0 spiro atoms. The van der Waals surface area contributed by atoms with Crippen molar-refractivity contribution in [3.63, 3.8) is 0 Å². The fourth-order valence-electron chi connectivity index (χ4n) is 0.583. The van der Waals surface area contributed by atoms with Crippen LogP contribution in [0.2, 0.25) is 0 Å². The molecule has 1 unspecified atom stereocenters. The second kappa shape index (κ2) is 6.61. The van der Waals surface area contributed by atoms with Crippen LogP contribution in [0.5, 0.6) is 0 Å². The molecule has 0 amide bonds. The highest BCUT2D eigenvalue weighted by Crippen LogP contribution is 2.41. The minimum absolute atomic E-state index is 0.0841. The molecule has 0 fully saturated rings. The lowest BCUT2D eigenvalue weighted by Crippen LogP contribution is -1.96. The topological polar surface area (TPSA) is 55.8 Å². The normalized spacial score (nSPS) is 15.9. The van der Waals surface area contributed by atoms with Gasteiger partial charge < -0.3 is 4.89 Å². The van der Waals surface area contributed by atoms with Crippen LogP contribution in [-0.4, -0.2) is 17.7 Å². The molecule has 0 bridgehead atoms. The summed E-state index contributed by atoms with van der Waals surface area (Å²) in [5.74, 6) is 0. The fraction of sp³-hybridized carbons (Fsp3) is 1.00. The van der Waals surface area contributed by atoms with E-state index in [0.29, 0.717) is 6.61 Å². The highest BCUT2D eigenvalue weighted by atomic mass is 31.2. The molecule has 0 aliphatic carbocycles. The van der Waals surface area contributed by atoms with Crippen molar-refractivity contribution in [2.24, 2.45) is 0 Å². The molecule has 0 saturated heterocycles. The van der Waals surface area contributed by atoms with E-state index in [4.69, 9.17) is 4.89 Å². The highest BCUT2D eigenvalue weighted by molar-refractivity contribution is 7.52. The van der Waals surface area contributed by atoms with E-state index < -0.39 is 7.60 Å². The number of hydrogen-bond acceptors (Lipinski definition) is 3. The standard InChI is InChI=1S/C7H17O4P/c1-3-5-6-7-10-11-12(8,9)4-2/h3-7H2,1-2H3,(H,8,9). The maximum absolute atomic E-state index is 10.8. The third-order valence-corrected chi connectivity index (χ3v) is 2.54. The van der Waals surface area contributed by atoms with Crippen molar-refractivity contribution in [1.82, 2.24) is 0 Å². The smallest absolute Gasteiger partial charge is 0.323 e. The second-order valence-electron chi connectivity index (χ2n) is 2.56. The predicted octanol–water partition coefficient (Wildman–Crippen LogP) is 2.33. The van der Waals surface area contributed by atoms with E-state index >= 15 is 0 Å². The van der Waals surface area contributed by atoms with E-state index in [1.807, 2.05) is 0 Å². The van der Waals surface area contributed by atoms with Crippen LogP contribution in [0.4, 0.5) is 0 Å². The van der Waals surface area contributed by atoms with Crippen LogP contribution in [0.3, 0.4) is 0 Å².